The van der Waals surface area contributed by atoms with E-state index in [4.69, 9.17) is 42.8 Å². The van der Waals surface area contributed by atoms with Crippen molar-refractivity contribution in [2.24, 2.45) is 7.05 Å². The van der Waals surface area contributed by atoms with Crippen molar-refractivity contribution in [3.05, 3.63) is 50.9 Å². The van der Waals surface area contributed by atoms with Crippen LogP contribution < -0.4 is 35.0 Å². The predicted molar refractivity (Wildman–Crippen MR) is 141 cm³/mol. The number of benzene rings is 1. The molecule has 4 rings (SSSR count). The summed E-state index contributed by atoms with van der Waals surface area (Å²) in [5, 5.41) is 11.1. The monoisotopic (exact) mass is 531 g/mol. The maximum atomic E-state index is 13.0. The van der Waals surface area contributed by atoms with Gasteiger partial charge in [-0.15, -0.1) is 0 Å². The average Bonchev–Trinajstić information content (AvgIpc) is 3.10. The number of aromatic nitrogens is 3. The zero-order valence-corrected chi connectivity index (χ0v) is 22.0. The summed E-state index contributed by atoms with van der Waals surface area (Å²) in [7, 11) is 7.80. The van der Waals surface area contributed by atoms with Crippen LogP contribution in [0.1, 0.15) is 23.6 Å². The van der Waals surface area contributed by atoms with E-state index in [9.17, 15) is 4.79 Å². The van der Waals surface area contributed by atoms with Crippen LogP contribution in [0.3, 0.4) is 0 Å². The number of hydrogen-bond donors (Lipinski definition) is 2. The second-order valence-electron chi connectivity index (χ2n) is 7.94. The van der Waals surface area contributed by atoms with Crippen molar-refractivity contribution < 1.29 is 18.9 Å². The Kier molecular flexibility index (Phi) is 7.51. The number of nitrogens with one attached hydrogen (secondary N) is 2. The zero-order chi connectivity index (χ0) is 26.0. The minimum Gasteiger partial charge on any atom is -0.493 e. The highest BCUT2D eigenvalue weighted by Gasteiger charge is 2.32. The van der Waals surface area contributed by atoms with Crippen molar-refractivity contribution in [2.45, 2.75) is 18.9 Å². The molecular formula is C24H26ClN5O5S. The summed E-state index contributed by atoms with van der Waals surface area (Å²) in [6.07, 6.45) is 2.52. The molecule has 0 saturated heterocycles. The third-order valence-electron chi connectivity index (χ3n) is 6.05. The highest BCUT2D eigenvalue weighted by Crippen LogP contribution is 2.54. The number of halogens is 1. The minimum atomic E-state index is -0.358. The number of nitrogens with zero attached hydrogens (tertiary/aromatic N) is 3. The molecule has 3 aromatic rings. The van der Waals surface area contributed by atoms with Gasteiger partial charge in [0.15, 0.2) is 22.4 Å². The van der Waals surface area contributed by atoms with E-state index >= 15 is 0 Å². The molecule has 0 saturated carbocycles. The molecule has 0 spiro atoms. The Labute approximate surface area is 218 Å². The number of rotatable bonds is 6. The highest BCUT2D eigenvalue weighted by atomic mass is 35.5. The van der Waals surface area contributed by atoms with E-state index in [1.54, 1.807) is 31.0 Å². The Balaban J connectivity index is 1.92. The molecule has 0 radical (unpaired) electrons. The summed E-state index contributed by atoms with van der Waals surface area (Å²) in [4.78, 5) is 17.1. The van der Waals surface area contributed by atoms with E-state index in [2.05, 4.69) is 20.7 Å². The molecule has 10 nitrogen and oxygen atoms in total. The summed E-state index contributed by atoms with van der Waals surface area (Å²) in [5.41, 5.74) is 2.67. The maximum absolute atomic E-state index is 13.0. The molecule has 0 amide bonds. The van der Waals surface area contributed by atoms with E-state index in [1.807, 2.05) is 6.07 Å². The third-order valence-corrected chi connectivity index (χ3v) is 6.67. The summed E-state index contributed by atoms with van der Waals surface area (Å²) in [6.45, 7) is 0. The van der Waals surface area contributed by atoms with Crippen molar-refractivity contribution in [2.75, 3.05) is 33.8 Å². The van der Waals surface area contributed by atoms with Gasteiger partial charge in [0.2, 0.25) is 17.1 Å². The number of hydrogen-bond acceptors (Lipinski definition) is 8. The number of anilines is 1. The lowest BCUT2D eigenvalue weighted by Gasteiger charge is -2.21. The Bertz CT molecular complexity index is 1380. The topological polar surface area (TPSA) is 109 Å². The summed E-state index contributed by atoms with van der Waals surface area (Å²) >= 11 is 12.4. The van der Waals surface area contributed by atoms with Crippen molar-refractivity contribution in [3.8, 4) is 34.1 Å². The second-order valence-corrected chi connectivity index (χ2v) is 8.73. The van der Waals surface area contributed by atoms with Gasteiger partial charge in [-0.2, -0.15) is 10.1 Å². The van der Waals surface area contributed by atoms with Crippen LogP contribution in [0.4, 0.5) is 5.95 Å². The van der Waals surface area contributed by atoms with Crippen LogP contribution in [0.2, 0.25) is 5.02 Å². The fraction of sp³-hybridized carbons (Fsp3) is 0.333. The van der Waals surface area contributed by atoms with Gasteiger partial charge in [-0.1, -0.05) is 17.7 Å². The molecule has 12 heteroatoms. The molecule has 190 valence electrons. The Morgan fingerprint density at radius 1 is 1.11 bits per heavy atom. The molecule has 1 atom stereocenters. The molecule has 1 heterocycles. The Morgan fingerprint density at radius 3 is 2.44 bits per heavy atom. The Hall–Kier alpha value is -3.57. The van der Waals surface area contributed by atoms with Gasteiger partial charge in [0.05, 0.1) is 39.5 Å². The van der Waals surface area contributed by atoms with Gasteiger partial charge in [-0.05, 0) is 53.9 Å². The third kappa shape index (κ3) is 4.51. The molecule has 2 aromatic carbocycles. The normalized spacial score (nSPS) is 14.1. The fourth-order valence-electron chi connectivity index (χ4n) is 4.39. The minimum absolute atomic E-state index is 0.203. The summed E-state index contributed by atoms with van der Waals surface area (Å²) < 4.78 is 23.9. The van der Waals surface area contributed by atoms with Crippen LogP contribution in [0.15, 0.2) is 29.3 Å². The lowest BCUT2D eigenvalue weighted by atomic mass is 9.95. The van der Waals surface area contributed by atoms with Crippen molar-refractivity contribution in [1.29, 1.82) is 0 Å². The SMILES string of the molecule is COc1c(Cl)c2c(c(OC)c1OC)-c1ccc(OC)c(=O)cc1[C@@H](NC(=S)Nc1ncnn1C)CC2. The van der Waals surface area contributed by atoms with Crippen LogP contribution >= 0.6 is 23.8 Å². The van der Waals surface area contributed by atoms with Gasteiger partial charge >= 0.3 is 0 Å². The van der Waals surface area contributed by atoms with Crippen LogP contribution in [0.5, 0.6) is 23.0 Å². The first-order valence-electron chi connectivity index (χ1n) is 11.0. The summed E-state index contributed by atoms with van der Waals surface area (Å²) in [6, 6.07) is 4.64. The van der Waals surface area contributed by atoms with E-state index < -0.39 is 0 Å². The van der Waals surface area contributed by atoms with Gasteiger partial charge in [0.25, 0.3) is 0 Å². The first-order valence-corrected chi connectivity index (χ1v) is 11.8. The number of thiocarbonyl (C=S) groups is 1. The van der Waals surface area contributed by atoms with Crippen LogP contribution in [0.25, 0.3) is 11.1 Å². The molecular weight excluding hydrogens is 506 g/mol. The van der Waals surface area contributed by atoms with E-state index in [0.29, 0.717) is 57.3 Å². The van der Waals surface area contributed by atoms with Crippen molar-refractivity contribution >= 4 is 34.9 Å². The predicted octanol–water partition coefficient (Wildman–Crippen LogP) is 3.50. The highest BCUT2D eigenvalue weighted by molar-refractivity contribution is 7.80. The zero-order valence-electron chi connectivity index (χ0n) is 20.5. The molecule has 0 fully saturated rings. The first kappa shape index (κ1) is 25.5. The second kappa shape index (κ2) is 10.6. The summed E-state index contributed by atoms with van der Waals surface area (Å²) in [5.74, 6) is 1.88. The van der Waals surface area contributed by atoms with Crippen molar-refractivity contribution in [3.63, 3.8) is 0 Å². The molecule has 2 N–H and O–H groups in total. The number of methoxy groups -OCH3 is 4. The first-order chi connectivity index (χ1) is 17.3. The van der Waals surface area contributed by atoms with Crippen molar-refractivity contribution in [1.82, 2.24) is 20.1 Å². The smallest absolute Gasteiger partial charge is 0.227 e. The average molecular weight is 532 g/mol. The van der Waals surface area contributed by atoms with E-state index in [1.165, 1.54) is 27.7 Å². The van der Waals surface area contributed by atoms with Gasteiger partial charge < -0.3 is 29.6 Å². The molecule has 36 heavy (non-hydrogen) atoms. The molecule has 0 aliphatic heterocycles. The van der Waals surface area contributed by atoms with Crippen LogP contribution in [0, 0.1) is 0 Å². The molecule has 0 bridgehead atoms. The van der Waals surface area contributed by atoms with Crippen LogP contribution in [-0.4, -0.2) is 48.3 Å². The molecule has 1 aromatic heterocycles. The van der Waals surface area contributed by atoms with Gasteiger partial charge in [0.1, 0.15) is 6.33 Å². The lowest BCUT2D eigenvalue weighted by Crippen LogP contribution is -2.33. The molecule has 1 aliphatic rings. The van der Waals surface area contributed by atoms with E-state index in [-0.39, 0.29) is 17.2 Å². The quantitative estimate of drug-likeness (QED) is 0.459. The maximum Gasteiger partial charge on any atom is 0.227 e. The Morgan fingerprint density at radius 2 is 1.83 bits per heavy atom. The number of fused-ring (bicyclic) bond motifs is 3. The molecule has 1 aliphatic carbocycles. The number of ether oxygens (including phenoxy) is 4. The standard InChI is InChI=1S/C24H26ClN5O5S/c1-30-23(26-11-27-30)29-24(36)28-15-8-6-13-18(12-7-9-17(32-2)16(31)10-14(12)15)20(33-3)22(35-5)21(34-4)19(13)25/h7,9-11,15H,6,8H2,1-5H3,(H2,26,27,28,29,36)/t15-/m0/s1. The van der Waals surface area contributed by atoms with Gasteiger partial charge in [0, 0.05) is 12.6 Å². The fourth-order valence-corrected chi connectivity index (χ4v) is 4.98. The largest absolute Gasteiger partial charge is 0.493 e. The van der Waals surface area contributed by atoms with Gasteiger partial charge in [-0.3, -0.25) is 4.79 Å². The lowest BCUT2D eigenvalue weighted by molar-refractivity contribution is 0.325. The van der Waals surface area contributed by atoms with Gasteiger partial charge in [-0.25, -0.2) is 4.68 Å². The van der Waals surface area contributed by atoms with Crippen LogP contribution in [-0.2, 0) is 13.5 Å². The number of aryl methyl sites for hydroxylation is 1. The van der Waals surface area contributed by atoms with E-state index in [0.717, 1.165) is 11.1 Å². The molecule has 0 unspecified atom stereocenters.